The molecular weight excluding hydrogens is 462 g/mol. The van der Waals surface area contributed by atoms with Gasteiger partial charge in [-0.25, -0.2) is 4.68 Å². The van der Waals surface area contributed by atoms with Crippen LogP contribution in [0.1, 0.15) is 23.0 Å². The van der Waals surface area contributed by atoms with Gasteiger partial charge in [0.15, 0.2) is 0 Å². The van der Waals surface area contributed by atoms with Gasteiger partial charge < -0.3 is 10.7 Å². The fourth-order valence-corrected chi connectivity index (χ4v) is 4.83. The van der Waals surface area contributed by atoms with E-state index in [-0.39, 0.29) is 11.9 Å². The molecule has 0 saturated heterocycles. The van der Waals surface area contributed by atoms with Crippen LogP contribution in [0.3, 0.4) is 0 Å². The number of carbonyl (C=O) groups is 1. The number of carbonyl (C=O) groups excluding carboxylic acids is 1. The Morgan fingerprint density at radius 3 is 2.68 bits per heavy atom. The molecule has 0 aliphatic carbocycles. The molecule has 1 amide bonds. The fraction of sp³-hybridized carbons (Fsp3) is 0.211. The maximum Gasteiger partial charge on any atom is 0.240 e. The third-order valence-corrected chi connectivity index (χ3v) is 6.50. The van der Waals surface area contributed by atoms with Gasteiger partial charge in [0, 0.05) is 4.47 Å². The van der Waals surface area contributed by atoms with Crippen LogP contribution in [-0.2, 0) is 4.79 Å². The third kappa shape index (κ3) is 3.76. The molecule has 28 heavy (non-hydrogen) atoms. The van der Waals surface area contributed by atoms with Crippen molar-refractivity contribution in [1.82, 2.24) is 14.9 Å². The van der Waals surface area contributed by atoms with E-state index in [9.17, 15) is 4.79 Å². The van der Waals surface area contributed by atoms with Crippen molar-refractivity contribution < 1.29 is 4.79 Å². The molecule has 2 aromatic carbocycles. The quantitative estimate of drug-likeness (QED) is 0.570. The molecule has 3 aromatic rings. The van der Waals surface area contributed by atoms with E-state index in [0.29, 0.717) is 15.9 Å². The van der Waals surface area contributed by atoms with Crippen molar-refractivity contribution in [3.8, 4) is 0 Å². The summed E-state index contributed by atoms with van der Waals surface area (Å²) in [7, 11) is 0. The van der Waals surface area contributed by atoms with Crippen molar-refractivity contribution in [3.63, 3.8) is 0 Å². The average molecular weight is 479 g/mol. The summed E-state index contributed by atoms with van der Waals surface area (Å²) in [4.78, 5) is 13.2. The monoisotopic (exact) mass is 477 g/mol. The Morgan fingerprint density at radius 1 is 1.21 bits per heavy atom. The van der Waals surface area contributed by atoms with Crippen LogP contribution in [0.5, 0.6) is 0 Å². The van der Waals surface area contributed by atoms with Crippen molar-refractivity contribution in [3.05, 3.63) is 68.9 Å². The van der Waals surface area contributed by atoms with Gasteiger partial charge in [0.1, 0.15) is 11.1 Å². The molecule has 0 unspecified atom stereocenters. The number of anilines is 1. The first-order valence-corrected chi connectivity index (χ1v) is 10.6. The molecule has 1 aliphatic rings. The average Bonchev–Trinajstić information content (AvgIpc) is 3.04. The lowest BCUT2D eigenvalue weighted by Crippen LogP contribution is -2.41. The smallest absolute Gasteiger partial charge is 0.240 e. The Hall–Kier alpha value is -2.03. The second-order valence-electron chi connectivity index (χ2n) is 6.53. The van der Waals surface area contributed by atoms with Gasteiger partial charge in [-0.15, -0.1) is 10.2 Å². The molecule has 0 saturated carbocycles. The van der Waals surface area contributed by atoms with Crippen LogP contribution in [0.15, 0.2) is 52.1 Å². The lowest BCUT2D eigenvalue weighted by atomic mass is 10.0. The number of aromatic nitrogens is 3. The standard InChI is InChI=1S/C19H17BrClN5OS/c1-10-3-5-12(6-4-10)16-17(28-19-24-23-11(2)26(19)25-16)18(27)22-15-8-7-13(20)9-14(15)21/h3-9,16-17,25H,1-2H3,(H,22,27)/t16-,17+/m0/s1. The molecule has 0 bridgehead atoms. The van der Waals surface area contributed by atoms with E-state index < -0.39 is 5.25 Å². The minimum atomic E-state index is -0.446. The lowest BCUT2D eigenvalue weighted by molar-refractivity contribution is -0.116. The van der Waals surface area contributed by atoms with Crippen LogP contribution in [-0.4, -0.2) is 26.0 Å². The number of fused-ring (bicyclic) bond motifs is 1. The van der Waals surface area contributed by atoms with E-state index in [1.54, 1.807) is 12.1 Å². The zero-order valence-corrected chi connectivity index (χ0v) is 18.3. The highest BCUT2D eigenvalue weighted by Gasteiger charge is 2.37. The van der Waals surface area contributed by atoms with E-state index in [1.165, 1.54) is 11.8 Å². The van der Waals surface area contributed by atoms with Gasteiger partial charge in [-0.3, -0.25) is 4.79 Å². The number of benzene rings is 2. The van der Waals surface area contributed by atoms with Crippen LogP contribution < -0.4 is 10.7 Å². The minimum absolute atomic E-state index is 0.154. The van der Waals surface area contributed by atoms with Crippen molar-refractivity contribution in [2.24, 2.45) is 0 Å². The van der Waals surface area contributed by atoms with Crippen molar-refractivity contribution >= 4 is 50.9 Å². The van der Waals surface area contributed by atoms with Gasteiger partial charge in [0.2, 0.25) is 11.1 Å². The molecule has 1 aromatic heterocycles. The Bertz CT molecular complexity index is 1040. The Labute approximate surface area is 180 Å². The summed E-state index contributed by atoms with van der Waals surface area (Å²) >= 11 is 11.0. The number of aryl methyl sites for hydroxylation is 2. The van der Waals surface area contributed by atoms with E-state index in [2.05, 4.69) is 36.9 Å². The Balaban J connectivity index is 1.67. The Kier molecular flexibility index (Phi) is 5.35. The van der Waals surface area contributed by atoms with Crippen molar-refractivity contribution in [2.75, 3.05) is 10.7 Å². The molecule has 4 rings (SSSR count). The zero-order valence-electron chi connectivity index (χ0n) is 15.1. The van der Waals surface area contributed by atoms with E-state index in [4.69, 9.17) is 11.6 Å². The van der Waals surface area contributed by atoms with Crippen LogP contribution in [0, 0.1) is 13.8 Å². The number of nitrogens with zero attached hydrogens (tertiary/aromatic N) is 3. The van der Waals surface area contributed by atoms with Crippen molar-refractivity contribution in [2.45, 2.75) is 30.3 Å². The number of thioether (sulfide) groups is 1. The number of nitrogens with one attached hydrogen (secondary N) is 2. The molecule has 144 valence electrons. The summed E-state index contributed by atoms with van der Waals surface area (Å²) in [5.74, 6) is 0.591. The molecule has 2 N–H and O–H groups in total. The van der Waals surface area contributed by atoms with Gasteiger partial charge in [-0.1, -0.05) is 69.1 Å². The number of hydrogen-bond donors (Lipinski definition) is 2. The maximum absolute atomic E-state index is 13.2. The molecule has 2 atom stereocenters. The Morgan fingerprint density at radius 2 is 1.96 bits per heavy atom. The first-order valence-electron chi connectivity index (χ1n) is 8.60. The number of hydrogen-bond acceptors (Lipinski definition) is 5. The second-order valence-corrected chi connectivity index (χ2v) is 8.97. The van der Waals surface area contributed by atoms with Gasteiger partial charge in [0.05, 0.1) is 16.8 Å². The summed E-state index contributed by atoms with van der Waals surface area (Å²) in [6.45, 7) is 3.91. The predicted octanol–water partition coefficient (Wildman–Crippen LogP) is 4.71. The van der Waals surface area contributed by atoms with E-state index >= 15 is 0 Å². The van der Waals surface area contributed by atoms with Crippen LogP contribution in [0.25, 0.3) is 0 Å². The van der Waals surface area contributed by atoms with Gasteiger partial charge >= 0.3 is 0 Å². The van der Waals surface area contributed by atoms with Crippen LogP contribution in [0.2, 0.25) is 5.02 Å². The molecule has 0 spiro atoms. The van der Waals surface area contributed by atoms with E-state index in [0.717, 1.165) is 21.4 Å². The highest BCUT2D eigenvalue weighted by Crippen LogP contribution is 2.38. The van der Waals surface area contributed by atoms with Gasteiger partial charge in [0.25, 0.3) is 0 Å². The maximum atomic E-state index is 13.2. The predicted molar refractivity (Wildman–Crippen MR) is 115 cm³/mol. The third-order valence-electron chi connectivity index (χ3n) is 4.48. The largest absolute Gasteiger partial charge is 0.324 e. The summed E-state index contributed by atoms with van der Waals surface area (Å²) in [5.41, 5.74) is 6.14. The highest BCUT2D eigenvalue weighted by molar-refractivity contribution is 9.10. The van der Waals surface area contributed by atoms with Gasteiger partial charge in [-0.05, 0) is 37.6 Å². The normalized spacial score (nSPS) is 18.3. The summed E-state index contributed by atoms with van der Waals surface area (Å²) < 4.78 is 2.68. The number of amides is 1. The summed E-state index contributed by atoms with van der Waals surface area (Å²) in [6.07, 6.45) is 0. The number of halogens is 2. The van der Waals surface area contributed by atoms with Crippen LogP contribution in [0.4, 0.5) is 5.69 Å². The molecule has 9 heteroatoms. The molecule has 0 radical (unpaired) electrons. The SMILES string of the molecule is Cc1ccc([C@@H]2Nn3c(C)nnc3S[C@H]2C(=O)Nc2ccc(Br)cc2Cl)cc1. The molecular formula is C19H17BrClN5OS. The molecule has 6 nitrogen and oxygen atoms in total. The molecule has 0 fully saturated rings. The molecule has 1 aliphatic heterocycles. The second kappa shape index (κ2) is 7.77. The van der Waals surface area contributed by atoms with Gasteiger partial charge in [-0.2, -0.15) is 0 Å². The lowest BCUT2D eigenvalue weighted by Gasteiger charge is -2.32. The number of rotatable bonds is 3. The topological polar surface area (TPSA) is 71.8 Å². The summed E-state index contributed by atoms with van der Waals surface area (Å²) in [6, 6.07) is 13.3. The summed E-state index contributed by atoms with van der Waals surface area (Å²) in [5, 5.41) is 11.9. The highest BCUT2D eigenvalue weighted by atomic mass is 79.9. The minimum Gasteiger partial charge on any atom is -0.324 e. The first kappa shape index (κ1) is 19.3. The first-order chi connectivity index (χ1) is 13.4. The zero-order chi connectivity index (χ0) is 19.8. The van der Waals surface area contributed by atoms with Crippen molar-refractivity contribution in [1.29, 1.82) is 0 Å². The van der Waals surface area contributed by atoms with Crippen LogP contribution >= 0.6 is 39.3 Å². The van der Waals surface area contributed by atoms with E-state index in [1.807, 2.05) is 48.9 Å². The molecule has 2 heterocycles. The fourth-order valence-electron chi connectivity index (χ4n) is 2.98.